The van der Waals surface area contributed by atoms with Gasteiger partial charge >= 0.3 is 0 Å². The van der Waals surface area contributed by atoms with Crippen LogP contribution in [0.25, 0.3) is 0 Å². The van der Waals surface area contributed by atoms with Crippen LogP contribution < -0.4 is 0 Å². The first-order valence-electron chi connectivity index (χ1n) is 4.47. The summed E-state index contributed by atoms with van der Waals surface area (Å²) in [5.74, 6) is 1.26. The molecule has 1 aliphatic rings. The van der Waals surface area contributed by atoms with Gasteiger partial charge in [0.05, 0.1) is 6.20 Å². The van der Waals surface area contributed by atoms with Crippen molar-refractivity contribution < 1.29 is 8.78 Å². The number of halogens is 2. The van der Waals surface area contributed by atoms with Gasteiger partial charge < -0.3 is 0 Å². The molecule has 13 heavy (non-hydrogen) atoms. The van der Waals surface area contributed by atoms with E-state index in [1.54, 1.807) is 12.4 Å². The van der Waals surface area contributed by atoms with E-state index in [1.165, 1.54) is 11.1 Å². The monoisotopic (exact) mass is 186 g/mol. The number of alkyl halides is 2. The van der Waals surface area contributed by atoms with Gasteiger partial charge in [0, 0.05) is 6.20 Å². The van der Waals surface area contributed by atoms with E-state index in [1.807, 2.05) is 0 Å². The molecule has 1 fully saturated rings. The fourth-order valence-electron chi connectivity index (χ4n) is 1.60. The summed E-state index contributed by atoms with van der Waals surface area (Å²) < 4.78 is 25.2. The average Bonchev–Trinajstić information content (AvgIpc) is 2.60. The van der Waals surface area contributed by atoms with Crippen molar-refractivity contribution in [2.24, 2.45) is 5.92 Å². The van der Waals surface area contributed by atoms with Gasteiger partial charge in [0.1, 0.15) is 6.54 Å². The van der Waals surface area contributed by atoms with Crippen LogP contribution in [0.1, 0.15) is 24.8 Å². The smallest absolute Gasteiger partial charge is 0.257 e. The van der Waals surface area contributed by atoms with Gasteiger partial charge in [-0.05, 0) is 23.8 Å². The van der Waals surface area contributed by atoms with Crippen LogP contribution in [0.2, 0.25) is 0 Å². The standard InChI is InChI=1S/C9H12F2N2/c1-6-2-8(6)7-3-12-13(4-7)5-9(10)11/h3-4,6,8-9H,2,5H2,1H3. The van der Waals surface area contributed by atoms with E-state index < -0.39 is 6.43 Å². The molecular formula is C9H12F2N2. The third-order valence-corrected chi connectivity index (χ3v) is 2.52. The van der Waals surface area contributed by atoms with Crippen LogP contribution in [0.4, 0.5) is 8.78 Å². The molecule has 0 aromatic carbocycles. The van der Waals surface area contributed by atoms with Crippen molar-refractivity contribution in [2.45, 2.75) is 32.2 Å². The van der Waals surface area contributed by atoms with Gasteiger partial charge in [-0.1, -0.05) is 6.92 Å². The highest BCUT2D eigenvalue weighted by atomic mass is 19.3. The number of nitrogens with zero attached hydrogens (tertiary/aromatic N) is 2. The Morgan fingerprint density at radius 2 is 2.38 bits per heavy atom. The van der Waals surface area contributed by atoms with Gasteiger partial charge in [-0.15, -0.1) is 0 Å². The van der Waals surface area contributed by atoms with E-state index in [4.69, 9.17) is 0 Å². The van der Waals surface area contributed by atoms with Crippen LogP contribution >= 0.6 is 0 Å². The fourth-order valence-corrected chi connectivity index (χ4v) is 1.60. The molecule has 1 aliphatic carbocycles. The quantitative estimate of drug-likeness (QED) is 0.708. The molecule has 0 radical (unpaired) electrons. The molecule has 0 N–H and O–H groups in total. The summed E-state index contributed by atoms with van der Waals surface area (Å²) >= 11 is 0. The molecule has 2 nitrogen and oxygen atoms in total. The minimum absolute atomic E-state index is 0.291. The van der Waals surface area contributed by atoms with Gasteiger partial charge in [-0.2, -0.15) is 5.10 Å². The Bertz CT molecular complexity index is 296. The number of rotatable bonds is 3. The summed E-state index contributed by atoms with van der Waals surface area (Å²) in [7, 11) is 0. The molecule has 1 heterocycles. The molecular weight excluding hydrogens is 174 g/mol. The van der Waals surface area contributed by atoms with Crippen molar-refractivity contribution in [3.63, 3.8) is 0 Å². The second kappa shape index (κ2) is 3.09. The maximum absolute atomic E-state index is 12.0. The summed E-state index contributed by atoms with van der Waals surface area (Å²) in [5.41, 5.74) is 1.10. The van der Waals surface area contributed by atoms with E-state index in [0.717, 1.165) is 5.56 Å². The summed E-state index contributed by atoms with van der Waals surface area (Å²) in [6, 6.07) is 0. The molecule has 0 amide bonds. The minimum Gasteiger partial charge on any atom is -0.267 e. The Morgan fingerprint density at radius 3 is 2.92 bits per heavy atom. The van der Waals surface area contributed by atoms with Crippen molar-refractivity contribution in [3.05, 3.63) is 18.0 Å². The van der Waals surface area contributed by atoms with Crippen LogP contribution in [0.3, 0.4) is 0 Å². The van der Waals surface area contributed by atoms with E-state index >= 15 is 0 Å². The maximum atomic E-state index is 12.0. The lowest BCUT2D eigenvalue weighted by Crippen LogP contribution is -2.06. The second-order valence-electron chi connectivity index (χ2n) is 3.71. The van der Waals surface area contributed by atoms with Gasteiger partial charge in [0.15, 0.2) is 0 Å². The molecule has 0 aliphatic heterocycles. The summed E-state index contributed by atoms with van der Waals surface area (Å²) in [4.78, 5) is 0. The van der Waals surface area contributed by atoms with Crippen molar-refractivity contribution >= 4 is 0 Å². The van der Waals surface area contributed by atoms with Gasteiger partial charge in [0.2, 0.25) is 0 Å². The fraction of sp³-hybridized carbons (Fsp3) is 0.667. The van der Waals surface area contributed by atoms with Crippen LogP contribution in [0, 0.1) is 5.92 Å². The first-order valence-corrected chi connectivity index (χ1v) is 4.47. The van der Waals surface area contributed by atoms with Crippen LogP contribution in [0.15, 0.2) is 12.4 Å². The summed E-state index contributed by atoms with van der Waals surface area (Å²) in [6.45, 7) is 1.87. The predicted octanol–water partition coefficient (Wildman–Crippen LogP) is 2.27. The Kier molecular flexibility index (Phi) is 2.06. The Hall–Kier alpha value is -0.930. The first kappa shape index (κ1) is 8.66. The molecule has 1 aromatic heterocycles. The van der Waals surface area contributed by atoms with Crippen LogP contribution in [0.5, 0.6) is 0 Å². The van der Waals surface area contributed by atoms with Crippen molar-refractivity contribution in [1.82, 2.24) is 9.78 Å². The second-order valence-corrected chi connectivity index (χ2v) is 3.71. The van der Waals surface area contributed by atoms with E-state index in [2.05, 4.69) is 12.0 Å². The zero-order valence-electron chi connectivity index (χ0n) is 7.45. The Labute approximate surface area is 75.6 Å². The molecule has 1 saturated carbocycles. The highest BCUT2D eigenvalue weighted by Gasteiger charge is 2.34. The lowest BCUT2D eigenvalue weighted by molar-refractivity contribution is 0.122. The van der Waals surface area contributed by atoms with Crippen LogP contribution in [-0.4, -0.2) is 16.2 Å². The molecule has 2 rings (SSSR count). The largest absolute Gasteiger partial charge is 0.267 e. The lowest BCUT2D eigenvalue weighted by atomic mass is 10.2. The molecule has 0 bridgehead atoms. The highest BCUT2D eigenvalue weighted by molar-refractivity contribution is 5.19. The first-order chi connectivity index (χ1) is 6.16. The normalized spacial score (nSPS) is 26.8. The molecule has 4 heteroatoms. The molecule has 2 unspecified atom stereocenters. The zero-order chi connectivity index (χ0) is 9.42. The average molecular weight is 186 g/mol. The maximum Gasteiger partial charge on any atom is 0.257 e. The molecule has 0 saturated heterocycles. The Morgan fingerprint density at radius 1 is 1.69 bits per heavy atom. The van der Waals surface area contributed by atoms with E-state index in [9.17, 15) is 8.78 Å². The third-order valence-electron chi connectivity index (χ3n) is 2.52. The van der Waals surface area contributed by atoms with Gasteiger partial charge in [0.25, 0.3) is 6.43 Å². The SMILES string of the molecule is CC1CC1c1cnn(CC(F)F)c1. The molecule has 72 valence electrons. The van der Waals surface area contributed by atoms with E-state index in [0.29, 0.717) is 11.8 Å². The number of aromatic nitrogens is 2. The van der Waals surface area contributed by atoms with Gasteiger partial charge in [-0.25, -0.2) is 8.78 Å². The summed E-state index contributed by atoms with van der Waals surface area (Å²) in [6.07, 6.45) is 2.29. The highest BCUT2D eigenvalue weighted by Crippen LogP contribution is 2.46. The predicted molar refractivity (Wildman–Crippen MR) is 44.8 cm³/mol. The van der Waals surface area contributed by atoms with Crippen molar-refractivity contribution in [2.75, 3.05) is 0 Å². The number of hydrogen-bond acceptors (Lipinski definition) is 1. The van der Waals surface area contributed by atoms with Gasteiger partial charge in [-0.3, -0.25) is 4.68 Å². The molecule has 2 atom stereocenters. The Balaban J connectivity index is 2.01. The topological polar surface area (TPSA) is 17.8 Å². The molecule has 0 spiro atoms. The van der Waals surface area contributed by atoms with E-state index in [-0.39, 0.29) is 6.54 Å². The minimum atomic E-state index is -2.32. The number of hydrogen-bond donors (Lipinski definition) is 0. The summed E-state index contributed by atoms with van der Waals surface area (Å²) in [5, 5.41) is 3.89. The third kappa shape index (κ3) is 1.87. The van der Waals surface area contributed by atoms with Crippen molar-refractivity contribution in [1.29, 1.82) is 0 Å². The zero-order valence-corrected chi connectivity index (χ0v) is 7.45. The lowest BCUT2D eigenvalue weighted by Gasteiger charge is -1.97. The molecule has 1 aromatic rings. The van der Waals surface area contributed by atoms with Crippen molar-refractivity contribution in [3.8, 4) is 0 Å². The van der Waals surface area contributed by atoms with Crippen LogP contribution in [-0.2, 0) is 6.54 Å².